The summed E-state index contributed by atoms with van der Waals surface area (Å²) >= 11 is 0. The largest absolute Gasteiger partial charge is 0.428 e. The third-order valence-corrected chi connectivity index (χ3v) is 5.33. The molecule has 1 saturated carbocycles. The Hall–Kier alpha value is -1.13. The molecular formula is C15H20O4. The van der Waals surface area contributed by atoms with Gasteiger partial charge in [0.2, 0.25) is 6.29 Å². The van der Waals surface area contributed by atoms with E-state index in [1.165, 1.54) is 0 Å². The zero-order chi connectivity index (χ0) is 13.9. The Bertz CT molecular complexity index is 492. The Kier molecular flexibility index (Phi) is 2.67. The monoisotopic (exact) mass is 264 g/mol. The van der Waals surface area contributed by atoms with Gasteiger partial charge in [-0.25, -0.2) is 4.79 Å². The number of ether oxygens (including phenoxy) is 1. The van der Waals surface area contributed by atoms with Crippen molar-refractivity contribution < 1.29 is 19.7 Å². The minimum atomic E-state index is -1.20. The van der Waals surface area contributed by atoms with Crippen LogP contribution in [0.2, 0.25) is 0 Å². The van der Waals surface area contributed by atoms with E-state index in [-0.39, 0.29) is 16.9 Å². The van der Waals surface area contributed by atoms with E-state index in [1.807, 2.05) is 0 Å². The molecule has 19 heavy (non-hydrogen) atoms. The van der Waals surface area contributed by atoms with Crippen molar-refractivity contribution in [3.63, 3.8) is 0 Å². The molecule has 0 aromatic heterocycles. The molecule has 0 amide bonds. The van der Waals surface area contributed by atoms with Gasteiger partial charge in [0.15, 0.2) is 0 Å². The van der Waals surface area contributed by atoms with Crippen LogP contribution in [0.4, 0.5) is 0 Å². The van der Waals surface area contributed by atoms with Crippen LogP contribution in [0.1, 0.15) is 33.1 Å². The number of hydrogen-bond donors (Lipinski definition) is 2. The van der Waals surface area contributed by atoms with Crippen LogP contribution >= 0.6 is 0 Å². The van der Waals surface area contributed by atoms with E-state index in [0.717, 1.165) is 18.4 Å². The standard InChI is InChI=1S/C15H20O4/c1-7-4-5-15(3)9(8(7)2)6-10(16)11-12(15)14(18)19-13(11)17/h7,9-10,14,16,18H,2,4-6H2,1,3H3. The summed E-state index contributed by atoms with van der Waals surface area (Å²) in [5, 5.41) is 20.2. The lowest BCUT2D eigenvalue weighted by molar-refractivity contribution is -0.153. The lowest BCUT2D eigenvalue weighted by Gasteiger charge is -2.50. The van der Waals surface area contributed by atoms with E-state index in [1.54, 1.807) is 0 Å². The number of carbonyl (C=O) groups excluding carboxylic acids is 1. The molecule has 3 rings (SSSR count). The zero-order valence-electron chi connectivity index (χ0n) is 11.3. The van der Waals surface area contributed by atoms with Gasteiger partial charge in [-0.15, -0.1) is 0 Å². The molecule has 5 unspecified atom stereocenters. The summed E-state index contributed by atoms with van der Waals surface area (Å²) in [5.41, 5.74) is 1.68. The van der Waals surface area contributed by atoms with E-state index in [0.29, 0.717) is 17.9 Å². The van der Waals surface area contributed by atoms with Gasteiger partial charge in [-0.3, -0.25) is 0 Å². The van der Waals surface area contributed by atoms with Crippen LogP contribution in [0.5, 0.6) is 0 Å². The van der Waals surface area contributed by atoms with Crippen molar-refractivity contribution in [3.8, 4) is 0 Å². The number of aliphatic hydroxyl groups is 2. The van der Waals surface area contributed by atoms with Gasteiger partial charge >= 0.3 is 5.97 Å². The van der Waals surface area contributed by atoms with Crippen molar-refractivity contribution in [2.75, 3.05) is 0 Å². The molecule has 4 heteroatoms. The molecule has 2 aliphatic carbocycles. The summed E-state index contributed by atoms with van der Waals surface area (Å²) in [6, 6.07) is 0. The fourth-order valence-corrected chi connectivity index (χ4v) is 4.08. The molecule has 0 radical (unpaired) electrons. The maximum atomic E-state index is 11.8. The highest BCUT2D eigenvalue weighted by atomic mass is 16.6. The van der Waals surface area contributed by atoms with Crippen LogP contribution in [0, 0.1) is 17.3 Å². The minimum absolute atomic E-state index is 0.106. The van der Waals surface area contributed by atoms with Gasteiger partial charge in [-0.1, -0.05) is 26.0 Å². The molecule has 1 heterocycles. The van der Waals surface area contributed by atoms with E-state index >= 15 is 0 Å². The molecule has 2 N–H and O–H groups in total. The summed E-state index contributed by atoms with van der Waals surface area (Å²) in [6.45, 7) is 8.38. The first-order valence-corrected chi connectivity index (χ1v) is 6.86. The van der Waals surface area contributed by atoms with Gasteiger partial charge in [-0.2, -0.15) is 0 Å². The third-order valence-electron chi connectivity index (χ3n) is 5.33. The minimum Gasteiger partial charge on any atom is -0.428 e. The molecule has 1 fully saturated rings. The number of allylic oxidation sites excluding steroid dienone is 1. The molecule has 3 aliphatic rings. The van der Waals surface area contributed by atoms with Gasteiger partial charge in [0.1, 0.15) is 0 Å². The zero-order valence-corrected chi connectivity index (χ0v) is 11.3. The second-order valence-electron chi connectivity index (χ2n) is 6.32. The number of esters is 1. The lowest BCUT2D eigenvalue weighted by Crippen LogP contribution is -2.45. The predicted molar refractivity (Wildman–Crippen MR) is 68.9 cm³/mol. The Morgan fingerprint density at radius 2 is 2.11 bits per heavy atom. The van der Waals surface area contributed by atoms with Crippen molar-refractivity contribution in [1.82, 2.24) is 0 Å². The third kappa shape index (κ3) is 1.56. The van der Waals surface area contributed by atoms with Crippen molar-refractivity contribution in [2.24, 2.45) is 17.3 Å². The SMILES string of the molecule is C=C1C(C)CCC2(C)C3=C(C(=O)OC3O)C(O)CC12. The molecular weight excluding hydrogens is 244 g/mol. The summed E-state index contributed by atoms with van der Waals surface area (Å²) in [5.74, 6) is -0.0457. The molecule has 1 aliphatic heterocycles. The van der Waals surface area contributed by atoms with Gasteiger partial charge in [0.25, 0.3) is 0 Å². The van der Waals surface area contributed by atoms with Crippen LogP contribution < -0.4 is 0 Å². The fraction of sp³-hybridized carbons (Fsp3) is 0.667. The quantitative estimate of drug-likeness (QED) is 0.514. The Balaban J connectivity index is 2.13. The van der Waals surface area contributed by atoms with E-state index in [2.05, 4.69) is 20.4 Å². The van der Waals surface area contributed by atoms with Crippen LogP contribution in [0.3, 0.4) is 0 Å². The molecule has 0 saturated heterocycles. The van der Waals surface area contributed by atoms with Crippen LogP contribution in [-0.2, 0) is 9.53 Å². The van der Waals surface area contributed by atoms with Crippen molar-refractivity contribution >= 4 is 5.97 Å². The van der Waals surface area contributed by atoms with E-state index in [4.69, 9.17) is 4.74 Å². The second kappa shape index (κ2) is 3.93. The van der Waals surface area contributed by atoms with Gasteiger partial charge < -0.3 is 14.9 Å². The number of aliphatic hydroxyl groups excluding tert-OH is 2. The molecule has 5 atom stereocenters. The Morgan fingerprint density at radius 1 is 1.42 bits per heavy atom. The summed E-state index contributed by atoms with van der Waals surface area (Å²) in [6.07, 6.45) is 0.322. The van der Waals surface area contributed by atoms with Gasteiger partial charge in [-0.05, 0) is 31.1 Å². The number of fused-ring (bicyclic) bond motifs is 2. The molecule has 4 nitrogen and oxygen atoms in total. The van der Waals surface area contributed by atoms with Crippen molar-refractivity contribution in [3.05, 3.63) is 23.3 Å². The number of cyclic esters (lactones) is 1. The summed E-state index contributed by atoms with van der Waals surface area (Å²) < 4.78 is 4.91. The lowest BCUT2D eigenvalue weighted by atomic mass is 9.54. The van der Waals surface area contributed by atoms with Crippen molar-refractivity contribution in [1.29, 1.82) is 0 Å². The van der Waals surface area contributed by atoms with Gasteiger partial charge in [0, 0.05) is 11.0 Å². The normalized spacial score (nSPS) is 45.9. The highest BCUT2D eigenvalue weighted by molar-refractivity contribution is 5.94. The number of carbonyl (C=O) groups is 1. The van der Waals surface area contributed by atoms with Gasteiger partial charge in [0.05, 0.1) is 11.7 Å². The van der Waals surface area contributed by atoms with Crippen LogP contribution in [0.15, 0.2) is 23.3 Å². The second-order valence-corrected chi connectivity index (χ2v) is 6.32. The maximum absolute atomic E-state index is 11.8. The summed E-state index contributed by atoms with van der Waals surface area (Å²) in [4.78, 5) is 11.8. The predicted octanol–water partition coefficient (Wildman–Crippen LogP) is 1.53. The Morgan fingerprint density at radius 3 is 2.79 bits per heavy atom. The van der Waals surface area contributed by atoms with Crippen LogP contribution in [0.25, 0.3) is 0 Å². The van der Waals surface area contributed by atoms with Crippen LogP contribution in [-0.4, -0.2) is 28.6 Å². The molecule has 0 aromatic carbocycles. The average Bonchev–Trinajstić information content (AvgIpc) is 2.65. The first-order chi connectivity index (χ1) is 8.86. The fourth-order valence-electron chi connectivity index (χ4n) is 4.08. The van der Waals surface area contributed by atoms with Crippen molar-refractivity contribution in [2.45, 2.75) is 45.5 Å². The highest BCUT2D eigenvalue weighted by Crippen LogP contribution is 2.58. The first-order valence-electron chi connectivity index (χ1n) is 6.86. The van der Waals surface area contributed by atoms with E-state index < -0.39 is 18.4 Å². The van der Waals surface area contributed by atoms with E-state index in [9.17, 15) is 15.0 Å². The number of rotatable bonds is 0. The molecule has 104 valence electrons. The maximum Gasteiger partial charge on any atom is 0.339 e. The molecule has 0 aromatic rings. The smallest absolute Gasteiger partial charge is 0.339 e. The molecule has 0 bridgehead atoms. The number of hydrogen-bond acceptors (Lipinski definition) is 4. The average molecular weight is 264 g/mol. The Labute approximate surface area is 112 Å². The highest BCUT2D eigenvalue weighted by Gasteiger charge is 2.55. The first kappa shape index (κ1) is 12.9. The topological polar surface area (TPSA) is 66.8 Å². The molecule has 0 spiro atoms. The summed E-state index contributed by atoms with van der Waals surface area (Å²) in [7, 11) is 0.